The average molecular weight is 508 g/mol. The minimum absolute atomic E-state index is 0.121. The predicted octanol–water partition coefficient (Wildman–Crippen LogP) is 5.45. The van der Waals surface area contributed by atoms with Gasteiger partial charge in [0.2, 0.25) is 0 Å². The highest BCUT2D eigenvalue weighted by Crippen LogP contribution is 2.35. The van der Waals surface area contributed by atoms with Crippen molar-refractivity contribution in [3.8, 4) is 0 Å². The molecule has 0 spiro atoms. The van der Waals surface area contributed by atoms with Crippen molar-refractivity contribution in [2.75, 3.05) is 15.5 Å². The van der Waals surface area contributed by atoms with Gasteiger partial charge < -0.3 is 5.32 Å². The van der Waals surface area contributed by atoms with E-state index in [9.17, 15) is 14.4 Å². The lowest BCUT2D eigenvalue weighted by Gasteiger charge is -2.17. The third-order valence-electron chi connectivity index (χ3n) is 4.41. The summed E-state index contributed by atoms with van der Waals surface area (Å²) >= 11 is 19.6. The number of nitrogens with one attached hydrogen (secondary N) is 2. The number of hydrogen-bond acceptors (Lipinski definition) is 6. The zero-order chi connectivity index (χ0) is 23.0. The number of benzene rings is 2. The van der Waals surface area contributed by atoms with E-state index in [1.165, 1.54) is 35.6 Å². The lowest BCUT2D eigenvalue weighted by atomic mass is 10.2. The predicted molar refractivity (Wildman–Crippen MR) is 127 cm³/mol. The van der Waals surface area contributed by atoms with Crippen LogP contribution in [0.15, 0.2) is 58.6 Å². The molecule has 162 valence electrons. The maximum Gasteiger partial charge on any atom is 0.283 e. The van der Waals surface area contributed by atoms with Gasteiger partial charge in [-0.2, -0.15) is 0 Å². The molecule has 3 amide bonds. The van der Waals surface area contributed by atoms with Crippen LogP contribution in [0.1, 0.15) is 16.1 Å². The summed E-state index contributed by atoms with van der Waals surface area (Å²) < 4.78 is 0. The van der Waals surface area contributed by atoms with E-state index in [2.05, 4.69) is 15.6 Å². The van der Waals surface area contributed by atoms with Crippen LogP contribution in [0.2, 0.25) is 10.0 Å². The van der Waals surface area contributed by atoms with E-state index in [-0.39, 0.29) is 27.3 Å². The molecule has 4 rings (SSSR count). The number of aromatic nitrogens is 1. The molecule has 11 heteroatoms. The Morgan fingerprint density at radius 2 is 1.84 bits per heavy atom. The Kier molecular flexibility index (Phi) is 6.21. The molecule has 0 atom stereocenters. The fourth-order valence-electron chi connectivity index (χ4n) is 2.95. The number of aryl methyl sites for hydroxylation is 1. The maximum atomic E-state index is 13.0. The van der Waals surface area contributed by atoms with Crippen LogP contribution in [0.3, 0.4) is 0 Å². The van der Waals surface area contributed by atoms with Crippen LogP contribution >= 0.6 is 46.1 Å². The van der Waals surface area contributed by atoms with E-state index in [1.54, 1.807) is 18.2 Å². The van der Waals surface area contributed by atoms with Crippen molar-refractivity contribution in [2.45, 2.75) is 6.92 Å². The van der Waals surface area contributed by atoms with Gasteiger partial charge in [0.1, 0.15) is 10.7 Å². The molecule has 3 aromatic rings. The lowest BCUT2D eigenvalue weighted by molar-refractivity contribution is -0.120. The highest BCUT2D eigenvalue weighted by molar-refractivity contribution is 7.13. The number of rotatable bonds is 5. The van der Waals surface area contributed by atoms with Crippen molar-refractivity contribution in [1.29, 1.82) is 0 Å². The molecule has 2 aromatic carbocycles. The number of carbonyl (C=O) groups excluding carboxylic acids is 3. The Morgan fingerprint density at radius 1 is 1.06 bits per heavy atom. The number of hydrogen-bond donors (Lipinski definition) is 2. The molecule has 0 unspecified atom stereocenters. The van der Waals surface area contributed by atoms with E-state index < -0.39 is 11.8 Å². The Morgan fingerprint density at radius 3 is 2.56 bits per heavy atom. The van der Waals surface area contributed by atoms with Crippen molar-refractivity contribution in [3.63, 3.8) is 0 Å². The zero-order valence-corrected chi connectivity index (χ0v) is 19.4. The molecular formula is C21H13Cl3N4O3S. The molecule has 1 aliphatic rings. The van der Waals surface area contributed by atoms with E-state index in [1.807, 2.05) is 12.3 Å². The highest BCUT2D eigenvalue weighted by Gasteiger charge is 2.40. The summed E-state index contributed by atoms with van der Waals surface area (Å²) in [6, 6.07) is 10.8. The third-order valence-corrected chi connectivity index (χ3v) is 6.19. The Bertz CT molecular complexity index is 1300. The first kappa shape index (κ1) is 22.3. The average Bonchev–Trinajstić information content (AvgIpc) is 3.26. The fourth-order valence-corrected chi connectivity index (χ4v) is 4.21. The van der Waals surface area contributed by atoms with Gasteiger partial charge in [-0.15, -0.1) is 11.3 Å². The van der Waals surface area contributed by atoms with E-state index >= 15 is 0 Å². The van der Waals surface area contributed by atoms with Crippen LogP contribution in [0.4, 0.5) is 16.5 Å². The Balaban J connectivity index is 1.57. The zero-order valence-electron chi connectivity index (χ0n) is 16.3. The van der Waals surface area contributed by atoms with Gasteiger partial charge in [0.05, 0.1) is 16.4 Å². The van der Waals surface area contributed by atoms with Gasteiger partial charge in [-0.1, -0.05) is 40.9 Å². The summed E-state index contributed by atoms with van der Waals surface area (Å²) in [5.41, 5.74) is 1.50. The van der Waals surface area contributed by atoms with Crippen molar-refractivity contribution >= 4 is 80.4 Å². The second-order valence-corrected chi connectivity index (χ2v) is 8.76. The van der Waals surface area contributed by atoms with Gasteiger partial charge in [0.25, 0.3) is 17.7 Å². The first-order valence-corrected chi connectivity index (χ1v) is 11.1. The molecule has 1 aromatic heterocycles. The Hall–Kier alpha value is -2.91. The van der Waals surface area contributed by atoms with Gasteiger partial charge >= 0.3 is 0 Å². The first-order chi connectivity index (χ1) is 15.2. The summed E-state index contributed by atoms with van der Waals surface area (Å²) in [4.78, 5) is 43.2. The second-order valence-electron chi connectivity index (χ2n) is 6.68. The molecule has 2 heterocycles. The molecule has 0 radical (unpaired) electrons. The van der Waals surface area contributed by atoms with Crippen LogP contribution < -0.4 is 15.5 Å². The van der Waals surface area contributed by atoms with Crippen molar-refractivity contribution in [3.05, 3.63) is 79.9 Å². The molecule has 0 bridgehead atoms. The lowest BCUT2D eigenvalue weighted by Crippen LogP contribution is -2.32. The number of imide groups is 1. The SMILES string of the molecule is Cc1csc(NC(=O)c2cccc(NC3=C(Cl)C(=O)N(c4cc(Cl)ccc4Cl)C3=O)c2)n1. The van der Waals surface area contributed by atoms with Crippen LogP contribution in [-0.4, -0.2) is 22.7 Å². The van der Waals surface area contributed by atoms with Gasteiger partial charge in [0.15, 0.2) is 5.13 Å². The number of halogens is 3. The van der Waals surface area contributed by atoms with Gasteiger partial charge in [-0.3, -0.25) is 19.7 Å². The monoisotopic (exact) mass is 506 g/mol. The Labute approximate surface area is 201 Å². The molecule has 32 heavy (non-hydrogen) atoms. The first-order valence-electron chi connectivity index (χ1n) is 9.09. The van der Waals surface area contributed by atoms with Crippen LogP contribution in [0, 0.1) is 6.92 Å². The van der Waals surface area contributed by atoms with Crippen LogP contribution in [0.25, 0.3) is 0 Å². The maximum absolute atomic E-state index is 13.0. The molecule has 0 saturated heterocycles. The summed E-state index contributed by atoms with van der Waals surface area (Å²) in [6.07, 6.45) is 0. The van der Waals surface area contributed by atoms with Crippen molar-refractivity contribution in [1.82, 2.24) is 4.98 Å². The van der Waals surface area contributed by atoms with Gasteiger partial charge in [-0.05, 0) is 43.3 Å². The summed E-state index contributed by atoms with van der Waals surface area (Å²) in [6.45, 7) is 1.83. The number of thiazole rings is 1. The topological polar surface area (TPSA) is 91.4 Å². The minimum atomic E-state index is -0.739. The van der Waals surface area contributed by atoms with E-state index in [0.29, 0.717) is 21.4 Å². The number of anilines is 3. The van der Waals surface area contributed by atoms with Crippen molar-refractivity contribution < 1.29 is 14.4 Å². The molecule has 0 fully saturated rings. The molecule has 0 saturated carbocycles. The van der Waals surface area contributed by atoms with E-state index in [4.69, 9.17) is 34.8 Å². The minimum Gasteiger partial charge on any atom is -0.350 e. The summed E-state index contributed by atoms with van der Waals surface area (Å²) in [5, 5.41) is 8.00. The second kappa shape index (κ2) is 8.91. The van der Waals surface area contributed by atoms with Gasteiger partial charge in [-0.25, -0.2) is 9.88 Å². The number of nitrogens with zero attached hydrogens (tertiary/aromatic N) is 2. The molecular weight excluding hydrogens is 495 g/mol. The van der Waals surface area contributed by atoms with Crippen molar-refractivity contribution in [2.24, 2.45) is 0 Å². The summed E-state index contributed by atoms with van der Waals surface area (Å²) in [7, 11) is 0. The normalized spacial score (nSPS) is 13.7. The van der Waals surface area contributed by atoms with E-state index in [0.717, 1.165) is 10.6 Å². The quantitative estimate of drug-likeness (QED) is 0.448. The van der Waals surface area contributed by atoms with Gasteiger partial charge in [0, 0.05) is 21.7 Å². The van der Waals surface area contributed by atoms with Crippen LogP contribution in [0.5, 0.6) is 0 Å². The molecule has 0 aliphatic carbocycles. The van der Waals surface area contributed by atoms with Crippen LogP contribution in [-0.2, 0) is 9.59 Å². The number of carbonyl (C=O) groups is 3. The smallest absolute Gasteiger partial charge is 0.283 e. The highest BCUT2D eigenvalue weighted by atomic mass is 35.5. The molecule has 2 N–H and O–H groups in total. The standard InChI is InChI=1S/C21H13Cl3N4O3S/c1-10-9-32-21(25-10)27-18(29)11-3-2-4-13(7-11)26-17-16(24)19(30)28(20(17)31)15-8-12(22)5-6-14(15)23/h2-9,26H,1H3,(H,25,27,29). The number of amides is 3. The molecule has 1 aliphatic heterocycles. The largest absolute Gasteiger partial charge is 0.350 e. The fraction of sp³-hybridized carbons (Fsp3) is 0.0476. The summed E-state index contributed by atoms with van der Waals surface area (Å²) in [5.74, 6) is -1.81. The molecule has 7 nitrogen and oxygen atoms in total. The third kappa shape index (κ3) is 4.35.